The van der Waals surface area contributed by atoms with Crippen molar-refractivity contribution in [1.82, 2.24) is 20.2 Å². The third-order valence-electron chi connectivity index (χ3n) is 5.18. The molecule has 1 aromatic heterocycles. The SMILES string of the molecule is Nc1nc(NCCCN2CCCC2=O)cc(-c2ccc(C(=O)NC3CC3)cc2)n1. The smallest absolute Gasteiger partial charge is 0.251 e. The number of hydrogen-bond acceptors (Lipinski definition) is 6. The Balaban J connectivity index is 1.35. The van der Waals surface area contributed by atoms with Crippen LogP contribution in [0.3, 0.4) is 0 Å². The normalized spacial score (nSPS) is 16.1. The van der Waals surface area contributed by atoms with Gasteiger partial charge in [-0.05, 0) is 37.8 Å². The molecule has 2 amide bonds. The van der Waals surface area contributed by atoms with E-state index in [1.165, 1.54) is 0 Å². The van der Waals surface area contributed by atoms with Crippen LogP contribution < -0.4 is 16.4 Å². The van der Waals surface area contributed by atoms with Gasteiger partial charge in [-0.2, -0.15) is 4.98 Å². The number of hydrogen-bond donors (Lipinski definition) is 3. The fraction of sp³-hybridized carbons (Fsp3) is 0.429. The van der Waals surface area contributed by atoms with Crippen molar-refractivity contribution in [2.45, 2.75) is 38.1 Å². The lowest BCUT2D eigenvalue weighted by Gasteiger charge is -2.15. The van der Waals surface area contributed by atoms with Gasteiger partial charge < -0.3 is 21.3 Å². The number of carbonyl (C=O) groups is 2. The molecule has 29 heavy (non-hydrogen) atoms. The molecule has 2 heterocycles. The van der Waals surface area contributed by atoms with E-state index in [4.69, 9.17) is 5.73 Å². The van der Waals surface area contributed by atoms with Crippen LogP contribution in [0.25, 0.3) is 11.3 Å². The first-order valence-electron chi connectivity index (χ1n) is 10.2. The van der Waals surface area contributed by atoms with Gasteiger partial charge in [0.25, 0.3) is 5.91 Å². The Kier molecular flexibility index (Phi) is 5.59. The molecule has 8 nitrogen and oxygen atoms in total. The van der Waals surface area contributed by atoms with E-state index >= 15 is 0 Å². The molecule has 0 unspecified atom stereocenters. The molecule has 1 aliphatic heterocycles. The molecule has 2 aromatic rings. The minimum Gasteiger partial charge on any atom is -0.370 e. The number of aromatic nitrogens is 2. The van der Waals surface area contributed by atoms with Crippen molar-refractivity contribution in [2.75, 3.05) is 30.7 Å². The standard InChI is InChI=1S/C21H26N6O2/c22-21-25-17(14-4-6-15(7-5-14)20(29)24-16-8-9-16)13-18(26-21)23-10-2-12-27-11-1-3-19(27)28/h4-7,13,16H,1-3,8-12H2,(H,24,29)(H3,22,23,25,26). The zero-order valence-electron chi connectivity index (χ0n) is 16.4. The first kappa shape index (κ1) is 19.2. The van der Waals surface area contributed by atoms with Crippen LogP contribution in [0.15, 0.2) is 30.3 Å². The van der Waals surface area contributed by atoms with Crippen molar-refractivity contribution in [3.05, 3.63) is 35.9 Å². The number of likely N-dealkylation sites (tertiary alicyclic amines) is 1. The van der Waals surface area contributed by atoms with Crippen molar-refractivity contribution in [1.29, 1.82) is 0 Å². The van der Waals surface area contributed by atoms with E-state index in [1.54, 1.807) is 12.1 Å². The van der Waals surface area contributed by atoms with Gasteiger partial charge in [0.15, 0.2) is 0 Å². The number of benzene rings is 1. The maximum Gasteiger partial charge on any atom is 0.251 e. The molecule has 0 radical (unpaired) electrons. The van der Waals surface area contributed by atoms with Crippen LogP contribution >= 0.6 is 0 Å². The molecule has 152 valence electrons. The second-order valence-electron chi connectivity index (χ2n) is 7.59. The maximum atomic E-state index is 12.1. The van der Waals surface area contributed by atoms with Crippen LogP contribution in [-0.2, 0) is 4.79 Å². The van der Waals surface area contributed by atoms with Crippen molar-refractivity contribution in [3.8, 4) is 11.3 Å². The number of nitrogen functional groups attached to an aromatic ring is 1. The molecule has 1 saturated carbocycles. The lowest BCUT2D eigenvalue weighted by atomic mass is 10.1. The average molecular weight is 394 g/mol. The second kappa shape index (κ2) is 8.46. The number of rotatable bonds is 8. The Hall–Kier alpha value is -3.16. The number of amides is 2. The molecule has 1 saturated heterocycles. The first-order chi connectivity index (χ1) is 14.1. The number of nitrogens with two attached hydrogens (primary N) is 1. The fourth-order valence-electron chi connectivity index (χ4n) is 3.42. The summed E-state index contributed by atoms with van der Waals surface area (Å²) in [6.45, 7) is 2.31. The van der Waals surface area contributed by atoms with Crippen LogP contribution in [0.4, 0.5) is 11.8 Å². The molecule has 0 spiro atoms. The van der Waals surface area contributed by atoms with Crippen molar-refractivity contribution >= 4 is 23.6 Å². The summed E-state index contributed by atoms with van der Waals surface area (Å²) in [7, 11) is 0. The van der Waals surface area contributed by atoms with Crippen molar-refractivity contribution in [2.24, 2.45) is 0 Å². The van der Waals surface area contributed by atoms with E-state index in [9.17, 15) is 9.59 Å². The van der Waals surface area contributed by atoms with Crippen LogP contribution in [0.2, 0.25) is 0 Å². The molecular weight excluding hydrogens is 368 g/mol. The second-order valence-corrected chi connectivity index (χ2v) is 7.59. The predicted molar refractivity (Wildman–Crippen MR) is 111 cm³/mol. The summed E-state index contributed by atoms with van der Waals surface area (Å²) in [5.41, 5.74) is 8.08. The summed E-state index contributed by atoms with van der Waals surface area (Å²) in [5, 5.41) is 6.24. The molecule has 4 rings (SSSR count). The van der Waals surface area contributed by atoms with E-state index in [1.807, 2.05) is 23.1 Å². The average Bonchev–Trinajstić information content (AvgIpc) is 3.44. The lowest BCUT2D eigenvalue weighted by Crippen LogP contribution is -2.27. The van der Waals surface area contributed by atoms with Gasteiger partial charge in [-0.3, -0.25) is 9.59 Å². The Morgan fingerprint density at radius 3 is 2.69 bits per heavy atom. The minimum absolute atomic E-state index is 0.0416. The molecule has 0 bridgehead atoms. The molecule has 2 fully saturated rings. The highest BCUT2D eigenvalue weighted by Crippen LogP contribution is 2.23. The predicted octanol–water partition coefficient (Wildman–Crippen LogP) is 2.04. The quantitative estimate of drug-likeness (QED) is 0.591. The summed E-state index contributed by atoms with van der Waals surface area (Å²) in [5.74, 6) is 1.04. The van der Waals surface area contributed by atoms with E-state index in [0.717, 1.165) is 44.3 Å². The Labute approximate surface area is 169 Å². The highest BCUT2D eigenvalue weighted by molar-refractivity contribution is 5.95. The van der Waals surface area contributed by atoms with Gasteiger partial charge in [0.1, 0.15) is 5.82 Å². The third-order valence-corrected chi connectivity index (χ3v) is 5.18. The zero-order chi connectivity index (χ0) is 20.2. The third kappa shape index (κ3) is 5.01. The lowest BCUT2D eigenvalue weighted by molar-refractivity contribution is -0.127. The van der Waals surface area contributed by atoms with Gasteiger partial charge in [0.2, 0.25) is 11.9 Å². The van der Waals surface area contributed by atoms with Crippen molar-refractivity contribution < 1.29 is 9.59 Å². The van der Waals surface area contributed by atoms with Crippen LogP contribution in [0.1, 0.15) is 42.5 Å². The highest BCUT2D eigenvalue weighted by atomic mass is 16.2. The highest BCUT2D eigenvalue weighted by Gasteiger charge is 2.23. The maximum absolute atomic E-state index is 12.1. The Morgan fingerprint density at radius 2 is 2.00 bits per heavy atom. The summed E-state index contributed by atoms with van der Waals surface area (Å²) in [6.07, 6.45) is 4.59. The number of nitrogens with one attached hydrogen (secondary N) is 2. The first-order valence-corrected chi connectivity index (χ1v) is 10.2. The molecule has 1 aliphatic carbocycles. The largest absolute Gasteiger partial charge is 0.370 e. The zero-order valence-corrected chi connectivity index (χ0v) is 16.4. The molecule has 2 aliphatic rings. The van der Waals surface area contributed by atoms with Crippen LogP contribution in [-0.4, -0.2) is 52.4 Å². The summed E-state index contributed by atoms with van der Waals surface area (Å²) in [6, 6.07) is 9.51. The number of anilines is 2. The fourth-order valence-corrected chi connectivity index (χ4v) is 3.42. The number of nitrogens with zero attached hydrogens (tertiary/aromatic N) is 3. The molecule has 1 aromatic carbocycles. The van der Waals surface area contributed by atoms with Gasteiger partial charge in [-0.15, -0.1) is 0 Å². The Morgan fingerprint density at radius 1 is 1.21 bits per heavy atom. The summed E-state index contributed by atoms with van der Waals surface area (Å²) in [4.78, 5) is 34.2. The van der Waals surface area contributed by atoms with Crippen molar-refractivity contribution in [3.63, 3.8) is 0 Å². The van der Waals surface area contributed by atoms with Crippen LogP contribution in [0, 0.1) is 0 Å². The summed E-state index contributed by atoms with van der Waals surface area (Å²) < 4.78 is 0. The van der Waals surface area contributed by atoms with E-state index < -0.39 is 0 Å². The topological polar surface area (TPSA) is 113 Å². The molecule has 8 heteroatoms. The monoisotopic (exact) mass is 394 g/mol. The molecule has 0 atom stereocenters. The van der Waals surface area contributed by atoms with E-state index in [-0.39, 0.29) is 17.8 Å². The molecular formula is C21H26N6O2. The van der Waals surface area contributed by atoms with Gasteiger partial charge in [-0.25, -0.2) is 4.98 Å². The van der Waals surface area contributed by atoms with E-state index in [0.29, 0.717) is 36.1 Å². The van der Waals surface area contributed by atoms with Gasteiger partial charge in [0.05, 0.1) is 5.69 Å². The minimum atomic E-state index is -0.0416. The van der Waals surface area contributed by atoms with Gasteiger partial charge >= 0.3 is 0 Å². The van der Waals surface area contributed by atoms with Gasteiger partial charge in [-0.1, -0.05) is 12.1 Å². The van der Waals surface area contributed by atoms with E-state index in [2.05, 4.69) is 20.6 Å². The van der Waals surface area contributed by atoms with Crippen LogP contribution in [0.5, 0.6) is 0 Å². The number of carbonyl (C=O) groups excluding carboxylic acids is 2. The Bertz CT molecular complexity index is 895. The molecule has 4 N–H and O–H groups in total. The van der Waals surface area contributed by atoms with Gasteiger partial charge in [0, 0.05) is 49.3 Å². The summed E-state index contributed by atoms with van der Waals surface area (Å²) >= 11 is 0.